The van der Waals surface area contributed by atoms with Gasteiger partial charge in [0.05, 0.1) is 5.56 Å². The van der Waals surface area contributed by atoms with Gasteiger partial charge in [-0.2, -0.15) is 0 Å². The molecule has 1 aliphatic rings. The number of hydrogen-bond acceptors (Lipinski definition) is 4. The van der Waals surface area contributed by atoms with Crippen molar-refractivity contribution >= 4 is 0 Å². The molecule has 33 heavy (non-hydrogen) atoms. The molecule has 0 aliphatic heterocycles. The lowest BCUT2D eigenvalue weighted by molar-refractivity contribution is -0.0606. The van der Waals surface area contributed by atoms with Crippen molar-refractivity contribution in [2.75, 3.05) is 0 Å². The lowest BCUT2D eigenvalue weighted by Gasteiger charge is -2.33. The van der Waals surface area contributed by atoms with Crippen LogP contribution in [-0.2, 0) is 5.60 Å². The van der Waals surface area contributed by atoms with Crippen molar-refractivity contribution in [2.24, 2.45) is 0 Å². The highest BCUT2D eigenvalue weighted by Crippen LogP contribution is 2.44. The number of benzene rings is 2. The first-order valence-corrected chi connectivity index (χ1v) is 10.1. The average Bonchev–Trinajstić information content (AvgIpc) is 3.18. The smallest absolute Gasteiger partial charge is 0.255 e. The third kappa shape index (κ3) is 3.54. The van der Waals surface area contributed by atoms with Crippen LogP contribution >= 0.6 is 0 Å². The lowest BCUT2D eigenvalue weighted by atomic mass is 9.80. The fourth-order valence-corrected chi connectivity index (χ4v) is 3.82. The van der Waals surface area contributed by atoms with Crippen molar-refractivity contribution in [3.63, 3.8) is 0 Å². The number of para-hydroxylation sites is 1. The molecule has 1 fully saturated rings. The summed E-state index contributed by atoms with van der Waals surface area (Å²) < 4.78 is 63.3. The van der Waals surface area contributed by atoms with Crippen LogP contribution in [0.25, 0.3) is 28.3 Å². The molecule has 168 valence electrons. The molecule has 2 heterocycles. The number of hydrogen-bond donors (Lipinski definition) is 1. The number of aromatic nitrogens is 2. The van der Waals surface area contributed by atoms with Crippen LogP contribution in [-0.4, -0.2) is 14.7 Å². The van der Waals surface area contributed by atoms with Crippen LogP contribution < -0.4 is 5.56 Å². The molecule has 9 heteroatoms. The Morgan fingerprint density at radius 2 is 1.70 bits per heavy atom. The van der Waals surface area contributed by atoms with Gasteiger partial charge in [0.15, 0.2) is 5.76 Å². The Morgan fingerprint density at radius 1 is 0.970 bits per heavy atom. The van der Waals surface area contributed by atoms with Gasteiger partial charge in [-0.15, -0.1) is 0 Å². The van der Waals surface area contributed by atoms with Crippen molar-refractivity contribution in [2.45, 2.75) is 24.9 Å². The zero-order valence-electron chi connectivity index (χ0n) is 17.0. The van der Waals surface area contributed by atoms with Crippen LogP contribution in [0.4, 0.5) is 17.6 Å². The largest absolute Gasteiger partial charge is 0.437 e. The molecule has 0 saturated heterocycles. The quantitative estimate of drug-likeness (QED) is 0.435. The summed E-state index contributed by atoms with van der Waals surface area (Å²) in [6.45, 7) is 0. The van der Waals surface area contributed by atoms with Gasteiger partial charge in [0.1, 0.15) is 40.3 Å². The fourth-order valence-electron chi connectivity index (χ4n) is 3.82. The minimum Gasteiger partial charge on any atom is -0.437 e. The predicted octanol–water partition coefficient (Wildman–Crippen LogP) is 5.09. The molecule has 5 nitrogen and oxygen atoms in total. The molecule has 0 unspecified atom stereocenters. The summed E-state index contributed by atoms with van der Waals surface area (Å²) in [4.78, 5) is 16.8. The van der Waals surface area contributed by atoms with E-state index in [1.54, 1.807) is 0 Å². The van der Waals surface area contributed by atoms with Gasteiger partial charge in [-0.3, -0.25) is 9.36 Å². The molecule has 1 saturated carbocycles. The average molecular weight is 456 g/mol. The van der Waals surface area contributed by atoms with Gasteiger partial charge in [0, 0.05) is 23.9 Å². The molecular formula is C24H16F4N2O3. The van der Waals surface area contributed by atoms with Crippen molar-refractivity contribution < 1.29 is 27.1 Å². The molecule has 0 radical (unpaired) electrons. The number of pyridine rings is 1. The Bertz CT molecular complexity index is 1420. The van der Waals surface area contributed by atoms with Crippen molar-refractivity contribution in [3.05, 3.63) is 94.2 Å². The standard InChI is InChI=1S/C24H16F4N2O3/c25-14-6-7-15(18(28)11-14)22-20(29-23(33-22)24(32)9-2-10-24)13-5-8-19(31)30(12-13)21-16(26)3-1-4-17(21)27/h1,3-8,11-12,32H,2,9-10H2. The summed E-state index contributed by atoms with van der Waals surface area (Å²) in [5.74, 6) is -3.79. The molecule has 0 bridgehead atoms. The van der Waals surface area contributed by atoms with Crippen molar-refractivity contribution in [3.8, 4) is 28.3 Å². The van der Waals surface area contributed by atoms with E-state index in [2.05, 4.69) is 4.98 Å². The third-order valence-corrected chi connectivity index (χ3v) is 5.74. The van der Waals surface area contributed by atoms with E-state index in [0.29, 0.717) is 18.9 Å². The highest BCUT2D eigenvalue weighted by atomic mass is 19.1. The van der Waals surface area contributed by atoms with Gasteiger partial charge >= 0.3 is 0 Å². The van der Waals surface area contributed by atoms with Gasteiger partial charge < -0.3 is 9.52 Å². The van der Waals surface area contributed by atoms with Crippen LogP contribution in [0.15, 0.2) is 63.9 Å². The molecule has 0 atom stereocenters. The molecule has 2 aromatic heterocycles. The first kappa shape index (κ1) is 21.1. The van der Waals surface area contributed by atoms with Gasteiger partial charge in [-0.1, -0.05) is 6.07 Å². The maximum atomic E-state index is 14.6. The number of nitrogens with zero attached hydrogens (tertiary/aromatic N) is 2. The van der Waals surface area contributed by atoms with E-state index in [9.17, 15) is 27.5 Å². The third-order valence-electron chi connectivity index (χ3n) is 5.74. The molecule has 0 spiro atoms. The summed E-state index contributed by atoms with van der Waals surface area (Å²) in [6, 6.07) is 8.49. The maximum Gasteiger partial charge on any atom is 0.255 e. The first-order valence-electron chi connectivity index (χ1n) is 10.1. The highest BCUT2D eigenvalue weighted by Gasteiger charge is 2.42. The second-order valence-corrected chi connectivity index (χ2v) is 7.90. The van der Waals surface area contributed by atoms with Crippen LogP contribution in [0.2, 0.25) is 0 Å². The number of rotatable bonds is 4. The molecule has 1 N–H and O–H groups in total. The van der Waals surface area contributed by atoms with Crippen molar-refractivity contribution in [1.82, 2.24) is 9.55 Å². The number of aliphatic hydroxyl groups is 1. The Labute approximate surface area is 184 Å². The zero-order chi connectivity index (χ0) is 23.3. The fraction of sp³-hybridized carbons (Fsp3) is 0.167. The Hall–Kier alpha value is -3.72. The maximum absolute atomic E-state index is 14.6. The van der Waals surface area contributed by atoms with Crippen LogP contribution in [0.5, 0.6) is 0 Å². The minimum atomic E-state index is -1.34. The second kappa shape index (κ2) is 7.70. The van der Waals surface area contributed by atoms with Crippen LogP contribution in [0.1, 0.15) is 25.2 Å². The summed E-state index contributed by atoms with van der Waals surface area (Å²) in [5.41, 5.74) is -2.55. The summed E-state index contributed by atoms with van der Waals surface area (Å²) in [5, 5.41) is 10.7. The molecular weight excluding hydrogens is 440 g/mol. The number of halogens is 4. The zero-order valence-corrected chi connectivity index (χ0v) is 17.0. The van der Waals surface area contributed by atoms with Gasteiger partial charge in [-0.05, 0) is 49.6 Å². The predicted molar refractivity (Wildman–Crippen MR) is 111 cm³/mol. The van der Waals surface area contributed by atoms with Crippen molar-refractivity contribution in [1.29, 1.82) is 0 Å². The van der Waals surface area contributed by atoms with E-state index >= 15 is 0 Å². The second-order valence-electron chi connectivity index (χ2n) is 7.90. The molecule has 1 aliphatic carbocycles. The van der Waals surface area contributed by atoms with Gasteiger partial charge in [0.25, 0.3) is 5.56 Å². The summed E-state index contributed by atoms with van der Waals surface area (Å²) >= 11 is 0. The van der Waals surface area contributed by atoms with E-state index in [1.165, 1.54) is 12.1 Å². The highest BCUT2D eigenvalue weighted by molar-refractivity contribution is 5.77. The first-order chi connectivity index (χ1) is 15.8. The topological polar surface area (TPSA) is 68.3 Å². The van der Waals surface area contributed by atoms with E-state index in [0.717, 1.165) is 47.5 Å². The molecule has 2 aromatic carbocycles. The van der Waals surface area contributed by atoms with E-state index in [1.807, 2.05) is 0 Å². The summed E-state index contributed by atoms with van der Waals surface area (Å²) in [7, 11) is 0. The Balaban J connectivity index is 1.73. The lowest BCUT2D eigenvalue weighted by Crippen LogP contribution is -2.33. The van der Waals surface area contributed by atoms with E-state index < -0.39 is 40.1 Å². The van der Waals surface area contributed by atoms with Crippen LogP contribution in [0, 0.1) is 23.3 Å². The SMILES string of the molecule is O=c1ccc(-c2nc(C3(O)CCC3)oc2-c2ccc(F)cc2F)cn1-c1c(F)cccc1F. The number of oxazole rings is 1. The Kier molecular flexibility index (Phi) is 4.93. The normalized spacial score (nSPS) is 14.8. The summed E-state index contributed by atoms with van der Waals surface area (Å²) in [6.07, 6.45) is 2.67. The Morgan fingerprint density at radius 3 is 2.33 bits per heavy atom. The van der Waals surface area contributed by atoms with Gasteiger partial charge in [-0.25, -0.2) is 22.5 Å². The minimum absolute atomic E-state index is 0.0290. The van der Waals surface area contributed by atoms with Crippen LogP contribution in [0.3, 0.4) is 0 Å². The van der Waals surface area contributed by atoms with E-state index in [-0.39, 0.29) is 28.5 Å². The van der Waals surface area contributed by atoms with E-state index in [4.69, 9.17) is 4.42 Å². The molecule has 4 aromatic rings. The molecule has 0 amide bonds. The molecule has 5 rings (SSSR count). The monoisotopic (exact) mass is 456 g/mol. The van der Waals surface area contributed by atoms with Gasteiger partial charge in [0.2, 0.25) is 5.89 Å².